The van der Waals surface area contributed by atoms with Gasteiger partial charge in [-0.2, -0.15) is 13.2 Å². The third-order valence-electron chi connectivity index (χ3n) is 3.87. The van der Waals surface area contributed by atoms with Crippen molar-refractivity contribution in [1.29, 1.82) is 0 Å². The Hall–Kier alpha value is -1.03. The van der Waals surface area contributed by atoms with Crippen LogP contribution in [0.2, 0.25) is 0 Å². The van der Waals surface area contributed by atoms with Crippen LogP contribution in [0, 0.1) is 12.8 Å². The average Bonchev–Trinajstić information content (AvgIpc) is 2.81. The molecule has 0 saturated heterocycles. The van der Waals surface area contributed by atoms with Gasteiger partial charge in [0.25, 0.3) is 0 Å². The van der Waals surface area contributed by atoms with Crippen LogP contribution in [0.4, 0.5) is 13.2 Å². The fourth-order valence-corrected chi connectivity index (χ4v) is 2.78. The number of alkyl halides is 3. The largest absolute Gasteiger partial charge is 0.421 e. The summed E-state index contributed by atoms with van der Waals surface area (Å²) in [7, 11) is 0. The summed E-state index contributed by atoms with van der Waals surface area (Å²) >= 11 is 0. The molecule has 0 aliphatic heterocycles. The zero-order valence-electron chi connectivity index (χ0n) is 10.3. The molecule has 1 saturated carbocycles. The molecule has 0 aromatic heterocycles. The van der Waals surface area contributed by atoms with Gasteiger partial charge in [-0.25, -0.2) is 0 Å². The fourth-order valence-electron chi connectivity index (χ4n) is 2.78. The number of rotatable bonds is 2. The topological polar surface area (TPSA) is 20.2 Å². The minimum atomic E-state index is -4.63. The predicted molar refractivity (Wildman–Crippen MR) is 63.1 cm³/mol. The Balaban J connectivity index is 2.44. The molecule has 1 fully saturated rings. The Morgan fingerprint density at radius 2 is 1.56 bits per heavy atom. The number of halogens is 3. The molecule has 2 rings (SSSR count). The van der Waals surface area contributed by atoms with Crippen LogP contribution in [0.5, 0.6) is 0 Å². The van der Waals surface area contributed by atoms with Crippen molar-refractivity contribution < 1.29 is 18.3 Å². The van der Waals surface area contributed by atoms with Crippen molar-refractivity contribution in [2.24, 2.45) is 5.92 Å². The van der Waals surface area contributed by atoms with Crippen LogP contribution in [0.3, 0.4) is 0 Å². The van der Waals surface area contributed by atoms with Gasteiger partial charge in [-0.3, -0.25) is 0 Å². The lowest BCUT2D eigenvalue weighted by atomic mass is 9.79. The van der Waals surface area contributed by atoms with Gasteiger partial charge in [0.2, 0.25) is 0 Å². The van der Waals surface area contributed by atoms with Crippen LogP contribution in [-0.4, -0.2) is 11.3 Å². The van der Waals surface area contributed by atoms with Crippen LogP contribution >= 0.6 is 0 Å². The van der Waals surface area contributed by atoms with Crippen LogP contribution in [0.25, 0.3) is 0 Å². The second-order valence-electron chi connectivity index (χ2n) is 5.11. The molecule has 0 bridgehead atoms. The quantitative estimate of drug-likeness (QED) is 0.852. The van der Waals surface area contributed by atoms with E-state index in [0.717, 1.165) is 18.4 Å². The molecule has 1 aromatic carbocycles. The molecule has 0 radical (unpaired) electrons. The predicted octanol–water partition coefficient (Wildman–Crippen LogP) is 3.94. The van der Waals surface area contributed by atoms with E-state index in [4.69, 9.17) is 0 Å². The van der Waals surface area contributed by atoms with Gasteiger partial charge in [-0.15, -0.1) is 0 Å². The van der Waals surface area contributed by atoms with Gasteiger partial charge in [0.05, 0.1) is 0 Å². The molecular formula is C14H17F3O. The summed E-state index contributed by atoms with van der Waals surface area (Å²) in [5.74, 6) is -0.722. The highest BCUT2D eigenvalue weighted by atomic mass is 19.4. The normalized spacial score (nSPS) is 20.9. The molecule has 100 valence electrons. The van der Waals surface area contributed by atoms with Crippen LogP contribution in [-0.2, 0) is 5.60 Å². The zero-order chi connectivity index (χ0) is 13.4. The standard InChI is InChI=1S/C14H17F3O/c1-10-6-8-12(9-7-10)13(18,14(15,16)17)11-4-2-3-5-11/h6-9,11,18H,2-5H2,1H3. The fraction of sp³-hybridized carbons (Fsp3) is 0.571. The van der Waals surface area contributed by atoms with Crippen molar-refractivity contribution >= 4 is 0 Å². The summed E-state index contributed by atoms with van der Waals surface area (Å²) in [4.78, 5) is 0. The van der Waals surface area contributed by atoms with E-state index >= 15 is 0 Å². The van der Waals surface area contributed by atoms with Gasteiger partial charge >= 0.3 is 6.18 Å². The van der Waals surface area contributed by atoms with Gasteiger partial charge < -0.3 is 5.11 Å². The van der Waals surface area contributed by atoms with Crippen molar-refractivity contribution in [2.75, 3.05) is 0 Å². The van der Waals surface area contributed by atoms with E-state index in [1.54, 1.807) is 12.1 Å². The van der Waals surface area contributed by atoms with Crippen molar-refractivity contribution in [3.63, 3.8) is 0 Å². The third-order valence-corrected chi connectivity index (χ3v) is 3.87. The summed E-state index contributed by atoms with van der Waals surface area (Å²) in [5, 5.41) is 10.3. The summed E-state index contributed by atoms with van der Waals surface area (Å²) < 4.78 is 39.9. The molecule has 1 nitrogen and oxygen atoms in total. The Kier molecular flexibility index (Phi) is 3.41. The smallest absolute Gasteiger partial charge is 0.376 e. The molecule has 1 N–H and O–H groups in total. The Labute approximate surface area is 105 Å². The van der Waals surface area contributed by atoms with Gasteiger partial charge in [0.15, 0.2) is 5.60 Å². The van der Waals surface area contributed by atoms with Crippen LogP contribution < -0.4 is 0 Å². The molecule has 18 heavy (non-hydrogen) atoms. The van der Waals surface area contributed by atoms with Crippen LogP contribution in [0.1, 0.15) is 36.8 Å². The third kappa shape index (κ3) is 2.14. The van der Waals surface area contributed by atoms with Gasteiger partial charge in [0, 0.05) is 5.92 Å². The van der Waals surface area contributed by atoms with E-state index in [-0.39, 0.29) is 5.56 Å². The highest BCUT2D eigenvalue weighted by molar-refractivity contribution is 5.29. The average molecular weight is 258 g/mol. The first-order chi connectivity index (χ1) is 8.35. The number of aryl methyl sites for hydroxylation is 1. The van der Waals surface area contributed by atoms with Crippen molar-refractivity contribution in [3.05, 3.63) is 35.4 Å². The number of hydrogen-bond donors (Lipinski definition) is 1. The molecule has 1 aliphatic rings. The number of aliphatic hydroxyl groups is 1. The van der Waals surface area contributed by atoms with Crippen molar-refractivity contribution in [3.8, 4) is 0 Å². The Morgan fingerprint density at radius 1 is 1.06 bits per heavy atom. The van der Waals surface area contributed by atoms with E-state index in [1.807, 2.05) is 6.92 Å². The van der Waals surface area contributed by atoms with Gasteiger partial charge in [0.1, 0.15) is 0 Å². The summed E-state index contributed by atoms with van der Waals surface area (Å²) in [5.41, 5.74) is -1.85. The zero-order valence-corrected chi connectivity index (χ0v) is 10.3. The van der Waals surface area contributed by atoms with Gasteiger partial charge in [-0.05, 0) is 25.3 Å². The molecular weight excluding hydrogens is 241 g/mol. The molecule has 1 unspecified atom stereocenters. The SMILES string of the molecule is Cc1ccc(C(O)(C2CCCC2)C(F)(F)F)cc1. The molecule has 4 heteroatoms. The maximum Gasteiger partial charge on any atom is 0.421 e. The maximum atomic E-state index is 13.3. The number of hydrogen-bond acceptors (Lipinski definition) is 1. The lowest BCUT2D eigenvalue weighted by Gasteiger charge is -2.36. The molecule has 0 heterocycles. The minimum absolute atomic E-state index is 0.0347. The Bertz CT molecular complexity index is 404. The summed E-state index contributed by atoms with van der Waals surface area (Å²) in [6.45, 7) is 1.81. The number of benzene rings is 1. The first kappa shape index (κ1) is 13.4. The summed E-state index contributed by atoms with van der Waals surface area (Å²) in [6.07, 6.45) is -2.24. The van der Waals surface area contributed by atoms with E-state index in [1.165, 1.54) is 12.1 Å². The molecule has 1 aliphatic carbocycles. The summed E-state index contributed by atoms with van der Waals surface area (Å²) in [6, 6.07) is 6.00. The van der Waals surface area contributed by atoms with E-state index < -0.39 is 17.7 Å². The second-order valence-corrected chi connectivity index (χ2v) is 5.11. The molecule has 1 aromatic rings. The van der Waals surface area contributed by atoms with E-state index in [2.05, 4.69) is 0 Å². The van der Waals surface area contributed by atoms with E-state index in [0.29, 0.717) is 12.8 Å². The Morgan fingerprint density at radius 3 is 2.00 bits per heavy atom. The molecule has 1 atom stereocenters. The first-order valence-corrected chi connectivity index (χ1v) is 6.22. The van der Waals surface area contributed by atoms with Crippen molar-refractivity contribution in [2.45, 2.75) is 44.4 Å². The first-order valence-electron chi connectivity index (χ1n) is 6.22. The lowest BCUT2D eigenvalue weighted by Crippen LogP contribution is -2.47. The molecule has 0 spiro atoms. The van der Waals surface area contributed by atoms with Crippen LogP contribution in [0.15, 0.2) is 24.3 Å². The van der Waals surface area contributed by atoms with E-state index in [9.17, 15) is 18.3 Å². The monoisotopic (exact) mass is 258 g/mol. The second kappa shape index (κ2) is 4.57. The highest BCUT2D eigenvalue weighted by Gasteiger charge is 2.59. The van der Waals surface area contributed by atoms with Gasteiger partial charge in [-0.1, -0.05) is 42.7 Å². The highest BCUT2D eigenvalue weighted by Crippen LogP contribution is 2.50. The molecule has 0 amide bonds. The maximum absolute atomic E-state index is 13.3. The van der Waals surface area contributed by atoms with Crippen molar-refractivity contribution in [1.82, 2.24) is 0 Å². The minimum Gasteiger partial charge on any atom is -0.376 e. The lowest BCUT2D eigenvalue weighted by molar-refractivity contribution is -0.286.